The van der Waals surface area contributed by atoms with Gasteiger partial charge in [0.1, 0.15) is 0 Å². The van der Waals surface area contributed by atoms with Gasteiger partial charge in [-0.05, 0) is 0 Å². The lowest BCUT2D eigenvalue weighted by molar-refractivity contribution is -0.695. The zero-order valence-corrected chi connectivity index (χ0v) is 23.5. The van der Waals surface area contributed by atoms with E-state index < -0.39 is 51.7 Å². The fraction of sp³-hybridized carbons (Fsp3) is 0.706. The van der Waals surface area contributed by atoms with Crippen LogP contribution in [0.25, 0.3) is 4.13 Å². The second-order valence-corrected chi connectivity index (χ2v) is 14.7. The summed E-state index contributed by atoms with van der Waals surface area (Å²) in [6.07, 6.45) is -11.3. The van der Waals surface area contributed by atoms with E-state index in [1.807, 2.05) is 18.3 Å². The molecular weight excluding hydrogens is 626 g/mol. The maximum absolute atomic E-state index is 12.3. The van der Waals surface area contributed by atoms with E-state index in [0.717, 1.165) is 0 Å². The molecule has 0 aliphatic carbocycles. The molecular formula is C17H24F10N2O7S2Si. The minimum atomic E-state index is -7.62. The van der Waals surface area contributed by atoms with E-state index in [9.17, 15) is 60.7 Å². The van der Waals surface area contributed by atoms with Gasteiger partial charge in [-0.25, -0.2) is 16.8 Å². The number of nitrogens with zero attached hydrogens (tertiary/aromatic N) is 2. The Morgan fingerprint density at radius 3 is 1.38 bits per heavy atom. The summed E-state index contributed by atoms with van der Waals surface area (Å²) in [6, 6.07) is 6.18. The Morgan fingerprint density at radius 1 is 0.744 bits per heavy atom. The van der Waals surface area contributed by atoms with Crippen LogP contribution in [0.15, 0.2) is 24.4 Å². The molecule has 0 fully saturated rings. The predicted molar refractivity (Wildman–Crippen MR) is 115 cm³/mol. The lowest BCUT2D eigenvalue weighted by atomic mass is 9.91. The standard InChI is InChI=1S/C13H24NO3Si.C4F10NO4S2/c1-13(2,3)12-9-7-8-10-14(12)11-18(15-4,16-5)17-6;5-1(6,7)3(11,12)20(16,17)15-21(18,19)4(13,14)2(8,9)10/h7-10H,11H2,1-6H3;/q+1;-1. The topological polar surface area (TPSA) is 114 Å². The Morgan fingerprint density at radius 2 is 1.10 bits per heavy atom. The van der Waals surface area contributed by atoms with Crippen LogP contribution >= 0.6 is 0 Å². The third-order valence-corrected chi connectivity index (χ3v) is 10.4. The first-order valence-electron chi connectivity index (χ1n) is 9.86. The normalized spacial score (nSPS) is 14.6. The van der Waals surface area contributed by atoms with Gasteiger partial charge in [0.2, 0.25) is 6.17 Å². The van der Waals surface area contributed by atoms with E-state index in [1.165, 1.54) is 5.69 Å². The molecule has 0 saturated carbocycles. The number of rotatable bonds is 9. The molecule has 0 aromatic carbocycles. The van der Waals surface area contributed by atoms with Gasteiger partial charge in [-0.15, -0.1) is 0 Å². The Labute approximate surface area is 218 Å². The molecule has 0 saturated heterocycles. The van der Waals surface area contributed by atoms with Crippen molar-refractivity contribution in [1.82, 2.24) is 0 Å². The first-order valence-corrected chi connectivity index (χ1v) is 14.7. The Balaban J connectivity index is 0.000000748. The monoisotopic (exact) mass is 650 g/mol. The lowest BCUT2D eigenvalue weighted by Gasteiger charge is -2.31. The molecule has 0 radical (unpaired) electrons. The highest BCUT2D eigenvalue weighted by Crippen LogP contribution is 2.47. The van der Waals surface area contributed by atoms with Crippen molar-refractivity contribution < 1.29 is 78.6 Å². The van der Waals surface area contributed by atoms with Crippen LogP contribution in [0.1, 0.15) is 26.5 Å². The number of hydrogen-bond acceptors (Lipinski definition) is 7. The van der Waals surface area contributed by atoms with Gasteiger partial charge < -0.3 is 17.4 Å². The fourth-order valence-corrected chi connectivity index (χ4v) is 6.41. The van der Waals surface area contributed by atoms with Crippen molar-refractivity contribution in [3.8, 4) is 0 Å². The number of alkyl halides is 10. The second-order valence-electron chi connectivity index (χ2n) is 8.31. The Bertz CT molecular complexity index is 1120. The largest absolute Gasteiger partial charge is 0.569 e. The molecule has 1 rings (SSSR count). The third kappa shape index (κ3) is 8.45. The number of aromatic nitrogens is 1. The molecule has 0 bridgehead atoms. The van der Waals surface area contributed by atoms with E-state index >= 15 is 0 Å². The molecule has 0 aliphatic heterocycles. The number of hydrogen-bond donors (Lipinski definition) is 0. The maximum atomic E-state index is 12.3. The molecule has 39 heavy (non-hydrogen) atoms. The number of pyridine rings is 1. The van der Waals surface area contributed by atoms with Gasteiger partial charge in [0, 0.05) is 38.9 Å². The van der Waals surface area contributed by atoms with Gasteiger partial charge >= 0.3 is 31.7 Å². The highest BCUT2D eigenvalue weighted by atomic mass is 32.3. The van der Waals surface area contributed by atoms with Crippen LogP contribution in [0.3, 0.4) is 0 Å². The third-order valence-electron chi connectivity index (χ3n) is 4.51. The maximum Gasteiger partial charge on any atom is 0.569 e. The summed E-state index contributed by atoms with van der Waals surface area (Å²) in [7, 11) is -12.9. The van der Waals surface area contributed by atoms with Crippen molar-refractivity contribution >= 4 is 28.9 Å². The Kier molecular flexibility index (Phi) is 11.6. The van der Waals surface area contributed by atoms with Gasteiger partial charge in [0.05, 0.1) is 0 Å². The number of sulfonamides is 2. The van der Waals surface area contributed by atoms with E-state index in [1.54, 1.807) is 21.3 Å². The molecule has 0 amide bonds. The smallest absolute Gasteiger partial charge is 0.425 e. The summed E-state index contributed by atoms with van der Waals surface area (Å²) in [5, 5.41) is -14.0. The highest BCUT2D eigenvalue weighted by Gasteiger charge is 2.68. The second kappa shape index (κ2) is 12.1. The van der Waals surface area contributed by atoms with E-state index in [-0.39, 0.29) is 5.41 Å². The minimum Gasteiger partial charge on any atom is -0.425 e. The zero-order valence-electron chi connectivity index (χ0n) is 20.9. The molecule has 0 atom stereocenters. The van der Waals surface area contributed by atoms with E-state index in [2.05, 4.69) is 31.4 Å². The highest BCUT2D eigenvalue weighted by molar-refractivity contribution is 8.13. The molecule has 230 valence electrons. The molecule has 0 aliphatic rings. The van der Waals surface area contributed by atoms with Crippen LogP contribution < -0.4 is 4.57 Å². The SMILES string of the molecule is CO[Si](C[n+]1ccccc1C(C)(C)C)(OC)OC.O=S(=O)([N-]S(=O)(=O)C(F)(F)C(F)(F)F)C(F)(F)C(F)(F)F. The van der Waals surface area contributed by atoms with Gasteiger partial charge in [0.15, 0.2) is 31.9 Å². The van der Waals surface area contributed by atoms with E-state index in [0.29, 0.717) is 10.3 Å². The summed E-state index contributed by atoms with van der Waals surface area (Å²) in [5.74, 6) is 0. The summed E-state index contributed by atoms with van der Waals surface area (Å²) >= 11 is 0. The quantitative estimate of drug-likeness (QED) is 0.226. The van der Waals surface area contributed by atoms with Gasteiger partial charge in [-0.2, -0.15) is 48.5 Å². The minimum absolute atomic E-state index is 0.0661. The summed E-state index contributed by atoms with van der Waals surface area (Å²) in [6.45, 7) is 6.57. The zero-order chi connectivity index (χ0) is 31.5. The van der Waals surface area contributed by atoms with Crippen LogP contribution in [-0.4, -0.2) is 69.8 Å². The average molecular weight is 651 g/mol. The van der Waals surface area contributed by atoms with Crippen molar-refractivity contribution in [2.45, 2.75) is 55.2 Å². The van der Waals surface area contributed by atoms with Crippen LogP contribution in [0.5, 0.6) is 0 Å². The van der Waals surface area contributed by atoms with Crippen molar-refractivity contribution in [1.29, 1.82) is 0 Å². The molecule has 1 heterocycles. The molecule has 0 unspecified atom stereocenters. The van der Waals surface area contributed by atoms with Gasteiger partial charge in [-0.1, -0.05) is 26.8 Å². The lowest BCUT2D eigenvalue weighted by Crippen LogP contribution is -2.58. The first-order chi connectivity index (χ1) is 17.1. The van der Waals surface area contributed by atoms with Crippen LogP contribution in [0, 0.1) is 0 Å². The summed E-state index contributed by atoms with van der Waals surface area (Å²) in [4.78, 5) is 0. The van der Waals surface area contributed by atoms with Crippen molar-refractivity contribution in [2.24, 2.45) is 0 Å². The molecule has 1 aromatic rings. The molecule has 0 spiro atoms. The van der Waals surface area contributed by atoms with Crippen LogP contribution in [-0.2, 0) is 44.9 Å². The van der Waals surface area contributed by atoms with Crippen molar-refractivity contribution in [2.75, 3.05) is 21.3 Å². The molecule has 9 nitrogen and oxygen atoms in total. The predicted octanol–water partition coefficient (Wildman–Crippen LogP) is 4.02. The van der Waals surface area contributed by atoms with Gasteiger partial charge in [0.25, 0.3) is 0 Å². The average Bonchev–Trinajstić information content (AvgIpc) is 2.75. The van der Waals surface area contributed by atoms with Crippen molar-refractivity contribution in [3.05, 3.63) is 34.2 Å². The van der Waals surface area contributed by atoms with Crippen LogP contribution in [0.2, 0.25) is 0 Å². The molecule has 0 N–H and O–H groups in total. The molecule has 1 aromatic heterocycles. The fourth-order valence-electron chi connectivity index (χ4n) is 2.46. The van der Waals surface area contributed by atoms with Gasteiger partial charge in [-0.3, -0.25) is 0 Å². The first kappa shape index (κ1) is 37.4. The summed E-state index contributed by atoms with van der Waals surface area (Å²) < 4.78 is 180. The Hall–Kier alpha value is -1.59. The van der Waals surface area contributed by atoms with Crippen molar-refractivity contribution in [3.63, 3.8) is 0 Å². The van der Waals surface area contributed by atoms with Crippen LogP contribution in [0.4, 0.5) is 43.9 Å². The number of halogens is 10. The molecule has 22 heteroatoms. The van der Waals surface area contributed by atoms with E-state index in [4.69, 9.17) is 13.3 Å². The summed E-state index contributed by atoms with van der Waals surface area (Å²) in [5.41, 5.74) is 1.30.